The molecule has 2 atom stereocenters. The van der Waals surface area contributed by atoms with Crippen LogP contribution in [-0.2, 0) is 16.3 Å². The molecule has 0 radical (unpaired) electrons. The molecule has 5 heteroatoms. The Bertz CT molecular complexity index is 539. The van der Waals surface area contributed by atoms with Gasteiger partial charge in [0.2, 0.25) is 0 Å². The lowest BCUT2D eigenvalue weighted by Crippen LogP contribution is -2.21. The van der Waals surface area contributed by atoms with Crippen LogP contribution in [-0.4, -0.2) is 26.5 Å². The first kappa shape index (κ1) is 13.9. The average molecular weight is 333 g/mol. The maximum absolute atomic E-state index is 11.6. The smallest absolute Gasteiger partial charge is 0.151 e. The van der Waals surface area contributed by atoms with Crippen LogP contribution in [0.3, 0.4) is 0 Å². The van der Waals surface area contributed by atoms with Gasteiger partial charge in [0.15, 0.2) is 9.84 Å². The summed E-state index contributed by atoms with van der Waals surface area (Å²) in [4.78, 5) is -0.181. The minimum absolute atomic E-state index is 0.181. The predicted octanol–water partition coefficient (Wildman–Crippen LogP) is 2.88. The molecule has 3 nitrogen and oxygen atoms in total. The zero-order valence-electron chi connectivity index (χ0n) is 10.5. The molecule has 1 aromatic carbocycles. The minimum atomic E-state index is -3.05. The Morgan fingerprint density at radius 1 is 1.39 bits per heavy atom. The van der Waals surface area contributed by atoms with E-state index in [9.17, 15) is 8.42 Å². The molecule has 0 aliphatic carbocycles. The maximum Gasteiger partial charge on any atom is 0.151 e. The van der Waals surface area contributed by atoms with Crippen LogP contribution in [0.5, 0.6) is 5.75 Å². The highest BCUT2D eigenvalue weighted by molar-refractivity contribution is 9.09. The lowest BCUT2D eigenvalue weighted by molar-refractivity contribution is 0.288. The molecule has 0 bridgehead atoms. The molecule has 0 N–H and O–H groups in total. The fraction of sp³-hybridized carbons (Fsp3) is 0.538. The van der Waals surface area contributed by atoms with Crippen LogP contribution in [0.2, 0.25) is 0 Å². The molecule has 1 aromatic rings. The van der Waals surface area contributed by atoms with Crippen molar-refractivity contribution in [1.82, 2.24) is 0 Å². The second kappa shape index (κ2) is 5.21. The normalized spacial score (nSPS) is 18.6. The quantitative estimate of drug-likeness (QED) is 0.799. The fourth-order valence-electron chi connectivity index (χ4n) is 2.04. The number of alkyl halides is 1. The van der Waals surface area contributed by atoms with Crippen LogP contribution in [0.1, 0.15) is 29.3 Å². The number of sulfone groups is 1. The van der Waals surface area contributed by atoms with Crippen molar-refractivity contribution in [3.8, 4) is 5.75 Å². The van der Waals surface area contributed by atoms with Crippen molar-refractivity contribution in [3.63, 3.8) is 0 Å². The molecule has 1 heterocycles. The van der Waals surface area contributed by atoms with E-state index in [1.54, 1.807) is 6.92 Å². The number of benzene rings is 1. The van der Waals surface area contributed by atoms with Gasteiger partial charge in [-0.2, -0.15) is 0 Å². The Morgan fingerprint density at radius 2 is 2.11 bits per heavy atom. The van der Waals surface area contributed by atoms with Gasteiger partial charge in [0.1, 0.15) is 5.75 Å². The Kier molecular flexibility index (Phi) is 4.02. The molecule has 0 spiro atoms. The first-order chi connectivity index (χ1) is 8.39. The van der Waals surface area contributed by atoms with Crippen molar-refractivity contribution in [2.24, 2.45) is 0 Å². The van der Waals surface area contributed by atoms with Crippen LogP contribution in [0.4, 0.5) is 0 Å². The molecule has 0 aromatic heterocycles. The van der Waals surface area contributed by atoms with Crippen molar-refractivity contribution >= 4 is 25.8 Å². The Hall–Kier alpha value is -0.550. The number of halogens is 1. The van der Waals surface area contributed by atoms with Crippen LogP contribution in [0, 0.1) is 0 Å². The second-order valence-electron chi connectivity index (χ2n) is 4.76. The molecular formula is C13H17BrO3S. The van der Waals surface area contributed by atoms with E-state index in [-0.39, 0.29) is 4.83 Å². The highest BCUT2D eigenvalue weighted by Gasteiger charge is 2.26. The van der Waals surface area contributed by atoms with E-state index in [2.05, 4.69) is 22.0 Å². The zero-order valence-corrected chi connectivity index (χ0v) is 12.9. The van der Waals surface area contributed by atoms with Crippen LogP contribution >= 0.6 is 15.9 Å². The summed E-state index contributed by atoms with van der Waals surface area (Å²) in [6.45, 7) is 2.49. The van der Waals surface area contributed by atoms with Crippen LogP contribution < -0.4 is 4.74 Å². The molecule has 0 saturated carbocycles. The fourth-order valence-corrected chi connectivity index (χ4v) is 4.09. The summed E-state index contributed by atoms with van der Waals surface area (Å²) >= 11 is 3.50. The Balaban J connectivity index is 2.29. The van der Waals surface area contributed by atoms with Gasteiger partial charge < -0.3 is 4.74 Å². The van der Waals surface area contributed by atoms with Crippen molar-refractivity contribution in [2.75, 3.05) is 12.9 Å². The first-order valence-electron chi connectivity index (χ1n) is 5.98. The summed E-state index contributed by atoms with van der Waals surface area (Å²) in [5.74, 6) is 0.928. The Morgan fingerprint density at radius 3 is 2.78 bits per heavy atom. The zero-order chi connectivity index (χ0) is 13.3. The monoisotopic (exact) mass is 332 g/mol. The summed E-state index contributed by atoms with van der Waals surface area (Å²) in [6.07, 6.45) is 3.29. The van der Waals surface area contributed by atoms with Gasteiger partial charge in [-0.3, -0.25) is 0 Å². The van der Waals surface area contributed by atoms with Gasteiger partial charge >= 0.3 is 0 Å². The van der Waals surface area contributed by atoms with E-state index in [0.717, 1.165) is 30.8 Å². The van der Waals surface area contributed by atoms with Crippen molar-refractivity contribution in [1.29, 1.82) is 0 Å². The lowest BCUT2D eigenvalue weighted by Gasteiger charge is -2.21. The SMILES string of the molecule is CC(C(Br)c1ccc2c(c1)CCCO2)S(C)(=O)=O. The molecule has 1 aliphatic heterocycles. The molecule has 18 heavy (non-hydrogen) atoms. The third-order valence-corrected chi connectivity index (χ3v) is 6.63. The lowest BCUT2D eigenvalue weighted by atomic mass is 10.0. The summed E-state index contributed by atoms with van der Waals surface area (Å²) < 4.78 is 28.7. The van der Waals surface area contributed by atoms with Crippen molar-refractivity contribution in [3.05, 3.63) is 29.3 Å². The molecular weight excluding hydrogens is 316 g/mol. The van der Waals surface area contributed by atoms with Gasteiger partial charge in [0, 0.05) is 6.26 Å². The summed E-state index contributed by atoms with van der Waals surface area (Å²) in [6, 6.07) is 5.92. The maximum atomic E-state index is 11.6. The van der Waals surface area contributed by atoms with Gasteiger partial charge in [-0.15, -0.1) is 0 Å². The number of rotatable bonds is 3. The third kappa shape index (κ3) is 2.88. The molecule has 2 unspecified atom stereocenters. The van der Waals surface area contributed by atoms with Gasteiger partial charge in [-0.1, -0.05) is 28.1 Å². The summed E-state index contributed by atoms with van der Waals surface area (Å²) in [5.41, 5.74) is 2.17. The predicted molar refractivity (Wildman–Crippen MR) is 76.2 cm³/mol. The Labute approximate surface area is 117 Å². The van der Waals surface area contributed by atoms with Gasteiger partial charge in [-0.25, -0.2) is 8.42 Å². The van der Waals surface area contributed by atoms with Crippen LogP contribution in [0.15, 0.2) is 18.2 Å². The number of fused-ring (bicyclic) bond motifs is 1. The van der Waals surface area contributed by atoms with Crippen molar-refractivity contribution < 1.29 is 13.2 Å². The standard InChI is InChI=1S/C13H17BrO3S/c1-9(18(2,15)16)13(14)11-5-6-12-10(8-11)4-3-7-17-12/h5-6,8-9,13H,3-4,7H2,1-2H3. The van der Waals surface area contributed by atoms with Gasteiger partial charge in [0.25, 0.3) is 0 Å². The van der Waals surface area contributed by atoms with Gasteiger partial charge in [0.05, 0.1) is 16.7 Å². The molecule has 0 fully saturated rings. The van der Waals surface area contributed by atoms with Gasteiger partial charge in [-0.05, 0) is 37.0 Å². The first-order valence-corrected chi connectivity index (χ1v) is 8.85. The van der Waals surface area contributed by atoms with E-state index >= 15 is 0 Å². The number of hydrogen-bond donors (Lipinski definition) is 0. The molecule has 2 rings (SSSR count). The second-order valence-corrected chi connectivity index (χ2v) is 8.14. The molecule has 1 aliphatic rings. The van der Waals surface area contributed by atoms with E-state index in [0.29, 0.717) is 0 Å². The summed E-state index contributed by atoms with van der Waals surface area (Å²) in [5, 5.41) is -0.444. The number of aryl methyl sites for hydroxylation is 1. The van der Waals surface area contributed by atoms with E-state index in [4.69, 9.17) is 4.74 Å². The average Bonchev–Trinajstić information content (AvgIpc) is 2.35. The minimum Gasteiger partial charge on any atom is -0.493 e. The molecule has 0 amide bonds. The van der Waals surface area contributed by atoms with Crippen LogP contribution in [0.25, 0.3) is 0 Å². The van der Waals surface area contributed by atoms with E-state index in [1.165, 1.54) is 11.8 Å². The van der Waals surface area contributed by atoms with Crippen molar-refractivity contribution in [2.45, 2.75) is 29.8 Å². The highest BCUT2D eigenvalue weighted by Crippen LogP contribution is 2.34. The summed E-state index contributed by atoms with van der Waals surface area (Å²) in [7, 11) is -3.05. The topological polar surface area (TPSA) is 43.4 Å². The van der Waals surface area contributed by atoms with E-state index < -0.39 is 15.1 Å². The number of ether oxygens (including phenoxy) is 1. The molecule has 0 saturated heterocycles. The van der Waals surface area contributed by atoms with E-state index in [1.807, 2.05) is 12.1 Å². The number of hydrogen-bond acceptors (Lipinski definition) is 3. The largest absolute Gasteiger partial charge is 0.493 e. The molecule has 100 valence electrons. The third-order valence-electron chi connectivity index (χ3n) is 3.34. The highest BCUT2D eigenvalue weighted by atomic mass is 79.9.